The number of hydrogen-bond donors (Lipinski definition) is 1. The second kappa shape index (κ2) is 6.80. The quantitative estimate of drug-likeness (QED) is 0.923. The van der Waals surface area contributed by atoms with Gasteiger partial charge in [0.1, 0.15) is 0 Å². The van der Waals surface area contributed by atoms with Crippen LogP contribution in [0.4, 0.5) is 0 Å². The molecule has 0 aromatic heterocycles. The highest BCUT2D eigenvalue weighted by Crippen LogP contribution is 2.29. The van der Waals surface area contributed by atoms with Crippen molar-refractivity contribution in [1.82, 2.24) is 4.90 Å². The SMILES string of the molecule is COc1ccc(C(=O)N(C)[C@@H]2CCCC[C@@H]2O)cc1OC. The molecule has 0 unspecified atom stereocenters. The van der Waals surface area contributed by atoms with E-state index in [9.17, 15) is 9.90 Å². The second-order valence-corrected chi connectivity index (χ2v) is 5.40. The van der Waals surface area contributed by atoms with Crippen molar-refractivity contribution in [2.24, 2.45) is 0 Å². The van der Waals surface area contributed by atoms with Gasteiger partial charge in [-0.15, -0.1) is 0 Å². The molecular weight excluding hydrogens is 270 g/mol. The fraction of sp³-hybridized carbons (Fsp3) is 0.562. The van der Waals surface area contributed by atoms with Crippen molar-refractivity contribution in [3.63, 3.8) is 0 Å². The molecular formula is C16H23NO4. The van der Waals surface area contributed by atoms with Gasteiger partial charge in [-0.25, -0.2) is 0 Å². The third kappa shape index (κ3) is 3.29. The summed E-state index contributed by atoms with van der Waals surface area (Å²) in [6.45, 7) is 0. The zero-order valence-electron chi connectivity index (χ0n) is 12.8. The van der Waals surface area contributed by atoms with E-state index < -0.39 is 6.10 Å². The molecule has 1 N–H and O–H groups in total. The Bertz CT molecular complexity index is 503. The van der Waals surface area contributed by atoms with Gasteiger partial charge in [-0.1, -0.05) is 12.8 Å². The van der Waals surface area contributed by atoms with Crippen LogP contribution in [0.2, 0.25) is 0 Å². The molecule has 1 aliphatic rings. The number of nitrogens with zero attached hydrogens (tertiary/aromatic N) is 1. The number of aliphatic hydroxyl groups excluding tert-OH is 1. The lowest BCUT2D eigenvalue weighted by Gasteiger charge is -2.35. The third-order valence-corrected chi connectivity index (χ3v) is 4.14. The molecule has 0 bridgehead atoms. The van der Waals surface area contributed by atoms with Crippen LogP contribution in [0.5, 0.6) is 11.5 Å². The lowest BCUT2D eigenvalue weighted by Crippen LogP contribution is -2.46. The van der Waals surface area contributed by atoms with Crippen LogP contribution in [0.15, 0.2) is 18.2 Å². The number of likely N-dealkylation sites (N-methyl/N-ethyl adjacent to an activating group) is 1. The predicted octanol–water partition coefficient (Wildman–Crippen LogP) is 2.08. The molecule has 0 aliphatic heterocycles. The summed E-state index contributed by atoms with van der Waals surface area (Å²) in [6, 6.07) is 5.00. The summed E-state index contributed by atoms with van der Waals surface area (Å²) >= 11 is 0. The smallest absolute Gasteiger partial charge is 0.254 e. The number of aliphatic hydroxyl groups is 1. The van der Waals surface area contributed by atoms with Gasteiger partial charge in [0.15, 0.2) is 11.5 Å². The van der Waals surface area contributed by atoms with Gasteiger partial charge in [0.05, 0.1) is 26.4 Å². The van der Waals surface area contributed by atoms with Gasteiger partial charge >= 0.3 is 0 Å². The molecule has 1 aromatic carbocycles. The van der Waals surface area contributed by atoms with Crippen molar-refractivity contribution in [2.75, 3.05) is 21.3 Å². The lowest BCUT2D eigenvalue weighted by molar-refractivity contribution is 0.0268. The average Bonchev–Trinajstić information content (AvgIpc) is 2.53. The Morgan fingerprint density at radius 1 is 1.19 bits per heavy atom. The van der Waals surface area contributed by atoms with E-state index in [4.69, 9.17) is 9.47 Å². The van der Waals surface area contributed by atoms with Crippen molar-refractivity contribution < 1.29 is 19.4 Å². The monoisotopic (exact) mass is 293 g/mol. The Kier molecular flexibility index (Phi) is 5.07. The molecule has 0 heterocycles. The van der Waals surface area contributed by atoms with Crippen LogP contribution < -0.4 is 9.47 Å². The molecule has 0 saturated heterocycles. The molecule has 0 radical (unpaired) electrons. The summed E-state index contributed by atoms with van der Waals surface area (Å²) in [6.07, 6.45) is 3.24. The molecule has 1 aromatic rings. The maximum atomic E-state index is 12.6. The number of hydrogen-bond acceptors (Lipinski definition) is 4. The third-order valence-electron chi connectivity index (χ3n) is 4.14. The fourth-order valence-corrected chi connectivity index (χ4v) is 2.87. The van der Waals surface area contributed by atoms with E-state index in [1.807, 2.05) is 0 Å². The Labute approximate surface area is 125 Å². The van der Waals surface area contributed by atoms with Gasteiger partial charge in [0.25, 0.3) is 5.91 Å². The first-order chi connectivity index (χ1) is 10.1. The van der Waals surface area contributed by atoms with Gasteiger partial charge < -0.3 is 19.5 Å². The van der Waals surface area contributed by atoms with Gasteiger partial charge in [0.2, 0.25) is 0 Å². The highest BCUT2D eigenvalue weighted by Gasteiger charge is 2.30. The highest BCUT2D eigenvalue weighted by molar-refractivity contribution is 5.95. The molecule has 5 heteroatoms. The molecule has 2 rings (SSSR count). The van der Waals surface area contributed by atoms with Crippen LogP contribution >= 0.6 is 0 Å². The Balaban J connectivity index is 2.18. The van der Waals surface area contributed by atoms with Crippen LogP contribution in [0, 0.1) is 0 Å². The van der Waals surface area contributed by atoms with Crippen LogP contribution in [0.1, 0.15) is 36.0 Å². The average molecular weight is 293 g/mol. The van der Waals surface area contributed by atoms with Gasteiger partial charge in [-0.05, 0) is 31.0 Å². The predicted molar refractivity (Wildman–Crippen MR) is 79.9 cm³/mol. The molecule has 21 heavy (non-hydrogen) atoms. The van der Waals surface area contributed by atoms with Crippen LogP contribution in [-0.4, -0.2) is 49.3 Å². The molecule has 1 fully saturated rings. The van der Waals surface area contributed by atoms with Crippen molar-refractivity contribution in [3.05, 3.63) is 23.8 Å². The largest absolute Gasteiger partial charge is 0.493 e. The molecule has 0 spiro atoms. The van der Waals surface area contributed by atoms with Crippen LogP contribution in [0.3, 0.4) is 0 Å². The molecule has 1 amide bonds. The van der Waals surface area contributed by atoms with Crippen LogP contribution in [-0.2, 0) is 0 Å². The number of carbonyl (C=O) groups excluding carboxylic acids is 1. The Morgan fingerprint density at radius 3 is 2.48 bits per heavy atom. The number of benzene rings is 1. The minimum atomic E-state index is -0.437. The number of methoxy groups -OCH3 is 2. The molecule has 1 saturated carbocycles. The number of rotatable bonds is 4. The Morgan fingerprint density at radius 2 is 1.86 bits per heavy atom. The zero-order valence-corrected chi connectivity index (χ0v) is 12.8. The van der Waals surface area contributed by atoms with Crippen molar-refractivity contribution in [1.29, 1.82) is 0 Å². The summed E-state index contributed by atoms with van der Waals surface area (Å²) in [4.78, 5) is 14.2. The maximum absolute atomic E-state index is 12.6. The minimum Gasteiger partial charge on any atom is -0.493 e. The van der Waals surface area contributed by atoms with E-state index in [0.29, 0.717) is 17.1 Å². The molecule has 2 atom stereocenters. The number of ether oxygens (including phenoxy) is 2. The zero-order chi connectivity index (χ0) is 15.4. The molecule has 1 aliphatic carbocycles. The van der Waals surface area contributed by atoms with E-state index in [1.165, 1.54) is 0 Å². The van der Waals surface area contributed by atoms with Gasteiger partial charge in [-0.3, -0.25) is 4.79 Å². The number of amides is 1. The second-order valence-electron chi connectivity index (χ2n) is 5.40. The Hall–Kier alpha value is -1.75. The van der Waals surface area contributed by atoms with Crippen molar-refractivity contribution in [3.8, 4) is 11.5 Å². The first kappa shape index (κ1) is 15.6. The molecule has 116 valence electrons. The summed E-state index contributed by atoms with van der Waals surface area (Å²) in [7, 11) is 4.85. The van der Waals surface area contributed by atoms with Crippen molar-refractivity contribution >= 4 is 5.91 Å². The lowest BCUT2D eigenvalue weighted by atomic mass is 9.91. The minimum absolute atomic E-state index is 0.109. The van der Waals surface area contributed by atoms with E-state index >= 15 is 0 Å². The summed E-state index contributed by atoms with van der Waals surface area (Å²) in [5.74, 6) is 1.01. The first-order valence-corrected chi connectivity index (χ1v) is 7.25. The highest BCUT2D eigenvalue weighted by atomic mass is 16.5. The summed E-state index contributed by atoms with van der Waals surface area (Å²) < 4.78 is 10.4. The standard InChI is InChI=1S/C16H23NO4/c1-17(12-6-4-5-7-13(12)18)16(19)11-8-9-14(20-2)15(10-11)21-3/h8-10,12-13,18H,4-7H2,1-3H3/t12-,13+/m1/s1. The number of carbonyl (C=O) groups is 1. The van der Waals surface area contributed by atoms with Crippen LogP contribution in [0.25, 0.3) is 0 Å². The summed E-state index contributed by atoms with van der Waals surface area (Å²) in [5.41, 5.74) is 0.535. The maximum Gasteiger partial charge on any atom is 0.254 e. The summed E-state index contributed by atoms with van der Waals surface area (Å²) in [5, 5.41) is 10.1. The van der Waals surface area contributed by atoms with E-state index in [2.05, 4.69) is 0 Å². The molecule has 5 nitrogen and oxygen atoms in total. The fourth-order valence-electron chi connectivity index (χ4n) is 2.87. The van der Waals surface area contributed by atoms with Gasteiger partial charge in [0, 0.05) is 12.6 Å². The topological polar surface area (TPSA) is 59.0 Å². The normalized spacial score (nSPS) is 21.7. The van der Waals surface area contributed by atoms with Crippen molar-refractivity contribution in [2.45, 2.75) is 37.8 Å². The van der Waals surface area contributed by atoms with E-state index in [-0.39, 0.29) is 11.9 Å². The first-order valence-electron chi connectivity index (χ1n) is 7.25. The van der Waals surface area contributed by atoms with E-state index in [0.717, 1.165) is 25.7 Å². The van der Waals surface area contributed by atoms with Gasteiger partial charge in [-0.2, -0.15) is 0 Å². The van der Waals surface area contributed by atoms with E-state index in [1.54, 1.807) is 44.4 Å².